The fourth-order valence-corrected chi connectivity index (χ4v) is 2.31. The molecule has 0 aromatic carbocycles. The molecule has 0 radical (unpaired) electrons. The van der Waals surface area contributed by atoms with Crippen LogP contribution in [-0.4, -0.2) is 40.2 Å². The van der Waals surface area contributed by atoms with Crippen LogP contribution in [0.2, 0.25) is 0 Å². The summed E-state index contributed by atoms with van der Waals surface area (Å²) in [5, 5.41) is 9.02. The third-order valence-electron chi connectivity index (χ3n) is 3.37. The Balaban J connectivity index is 2.19. The van der Waals surface area contributed by atoms with Gasteiger partial charge in [0, 0.05) is 31.3 Å². The number of alkyl halides is 2. The summed E-state index contributed by atoms with van der Waals surface area (Å²) >= 11 is 0. The molecule has 1 fully saturated rings. The molecule has 0 spiro atoms. The first-order chi connectivity index (χ1) is 8.54. The zero-order valence-corrected chi connectivity index (χ0v) is 10.1. The zero-order valence-electron chi connectivity index (χ0n) is 10.1. The van der Waals surface area contributed by atoms with E-state index in [1.807, 2.05) is 0 Å². The summed E-state index contributed by atoms with van der Waals surface area (Å²) in [5.74, 6) is -0.329. The smallest absolute Gasteiger partial charge is 0.319 e. The summed E-state index contributed by atoms with van der Waals surface area (Å²) in [5.41, 5.74) is 0.382. The Morgan fingerprint density at radius 1 is 1.56 bits per heavy atom. The van der Waals surface area contributed by atoms with Crippen molar-refractivity contribution in [1.29, 1.82) is 0 Å². The Kier molecular flexibility index (Phi) is 3.65. The Bertz CT molecular complexity index is 445. The van der Waals surface area contributed by atoms with Gasteiger partial charge >= 0.3 is 6.55 Å². The summed E-state index contributed by atoms with van der Waals surface area (Å²) in [4.78, 5) is 13.7. The molecule has 1 aliphatic rings. The van der Waals surface area contributed by atoms with Crippen molar-refractivity contribution in [1.82, 2.24) is 9.47 Å². The number of carbonyl (C=O) groups is 1. The maximum absolute atomic E-state index is 12.9. The molecule has 1 N–H and O–H groups in total. The van der Waals surface area contributed by atoms with Crippen molar-refractivity contribution in [3.8, 4) is 0 Å². The Morgan fingerprint density at radius 2 is 2.28 bits per heavy atom. The zero-order chi connectivity index (χ0) is 13.3. The quantitative estimate of drug-likeness (QED) is 0.896. The first-order valence-corrected chi connectivity index (χ1v) is 5.90. The van der Waals surface area contributed by atoms with Gasteiger partial charge in [0.2, 0.25) is 0 Å². The summed E-state index contributed by atoms with van der Waals surface area (Å²) in [6.45, 7) is -0.196. The number of hydrogen-bond donors (Lipinski definition) is 1. The van der Waals surface area contributed by atoms with Gasteiger partial charge in [-0.05, 0) is 25.5 Å². The van der Waals surface area contributed by atoms with Crippen LogP contribution in [0, 0.1) is 12.8 Å². The highest BCUT2D eigenvalue weighted by atomic mass is 19.3. The van der Waals surface area contributed by atoms with Crippen LogP contribution in [0.5, 0.6) is 0 Å². The van der Waals surface area contributed by atoms with E-state index in [2.05, 4.69) is 0 Å². The predicted octanol–water partition coefficient (Wildman–Crippen LogP) is 1.65. The van der Waals surface area contributed by atoms with Crippen LogP contribution < -0.4 is 0 Å². The van der Waals surface area contributed by atoms with E-state index >= 15 is 0 Å². The number of nitrogens with zero attached hydrogens (tertiary/aromatic N) is 2. The predicted molar refractivity (Wildman–Crippen MR) is 61.5 cm³/mol. The number of aryl methyl sites for hydroxylation is 1. The Hall–Kier alpha value is -1.43. The second kappa shape index (κ2) is 5.06. The topological polar surface area (TPSA) is 45.5 Å². The van der Waals surface area contributed by atoms with Gasteiger partial charge in [-0.25, -0.2) is 0 Å². The molecule has 1 saturated heterocycles. The second-order valence-corrected chi connectivity index (χ2v) is 4.60. The fourth-order valence-electron chi connectivity index (χ4n) is 2.31. The lowest BCUT2D eigenvalue weighted by Gasteiger charge is -2.18. The number of aliphatic hydroxyl groups excluding tert-OH is 1. The van der Waals surface area contributed by atoms with Gasteiger partial charge in [0.25, 0.3) is 5.91 Å². The van der Waals surface area contributed by atoms with E-state index in [1.165, 1.54) is 17.0 Å². The van der Waals surface area contributed by atoms with Crippen molar-refractivity contribution in [2.75, 3.05) is 19.7 Å². The third kappa shape index (κ3) is 2.25. The first-order valence-electron chi connectivity index (χ1n) is 5.90. The monoisotopic (exact) mass is 258 g/mol. The molecule has 18 heavy (non-hydrogen) atoms. The van der Waals surface area contributed by atoms with Gasteiger partial charge in [0.15, 0.2) is 0 Å². The molecular formula is C12H16F2N2O2. The second-order valence-electron chi connectivity index (χ2n) is 4.60. The Morgan fingerprint density at radius 3 is 2.83 bits per heavy atom. The molecule has 0 saturated carbocycles. The number of hydrogen-bond acceptors (Lipinski definition) is 2. The molecule has 1 aromatic heterocycles. The van der Waals surface area contributed by atoms with Gasteiger partial charge in [-0.2, -0.15) is 8.78 Å². The molecule has 6 heteroatoms. The molecule has 0 bridgehead atoms. The number of carbonyl (C=O) groups excluding carboxylic acids is 1. The number of rotatable bonds is 3. The molecule has 2 rings (SSSR count). The van der Waals surface area contributed by atoms with E-state index in [0.717, 1.165) is 11.0 Å². The largest absolute Gasteiger partial charge is 0.396 e. The van der Waals surface area contributed by atoms with Crippen molar-refractivity contribution in [2.45, 2.75) is 19.9 Å². The van der Waals surface area contributed by atoms with E-state index in [-0.39, 0.29) is 24.1 Å². The average molecular weight is 258 g/mol. The lowest BCUT2D eigenvalue weighted by molar-refractivity contribution is 0.0563. The number of aliphatic hydroxyl groups is 1. The van der Waals surface area contributed by atoms with Crippen LogP contribution in [0.3, 0.4) is 0 Å². The highest BCUT2D eigenvalue weighted by Crippen LogP contribution is 2.23. The molecule has 1 aliphatic heterocycles. The number of amides is 1. The van der Waals surface area contributed by atoms with E-state index in [0.29, 0.717) is 18.8 Å². The highest BCUT2D eigenvalue weighted by molar-refractivity contribution is 5.93. The van der Waals surface area contributed by atoms with Gasteiger partial charge in [-0.15, -0.1) is 0 Å². The SMILES string of the molecule is Cc1ccc(C(=O)N2CCC(CO)C2)n1C(F)F. The number of aromatic nitrogens is 1. The summed E-state index contributed by atoms with van der Waals surface area (Å²) in [7, 11) is 0. The van der Waals surface area contributed by atoms with Crippen molar-refractivity contribution in [2.24, 2.45) is 5.92 Å². The van der Waals surface area contributed by atoms with E-state index < -0.39 is 6.55 Å². The molecule has 1 aromatic rings. The van der Waals surface area contributed by atoms with Crippen LogP contribution in [0.4, 0.5) is 8.78 Å². The first kappa shape index (κ1) is 13.0. The molecular weight excluding hydrogens is 242 g/mol. The van der Waals surface area contributed by atoms with Crippen molar-refractivity contribution in [3.63, 3.8) is 0 Å². The van der Waals surface area contributed by atoms with Gasteiger partial charge < -0.3 is 10.0 Å². The number of halogens is 2. The maximum atomic E-state index is 12.9. The van der Waals surface area contributed by atoms with Gasteiger partial charge in [-0.3, -0.25) is 9.36 Å². The van der Waals surface area contributed by atoms with Crippen molar-refractivity contribution < 1.29 is 18.7 Å². The van der Waals surface area contributed by atoms with Crippen molar-refractivity contribution >= 4 is 5.91 Å². The molecule has 1 atom stereocenters. The van der Waals surface area contributed by atoms with Gasteiger partial charge in [0.1, 0.15) is 5.69 Å². The summed E-state index contributed by atoms with van der Waals surface area (Å²) in [6.07, 6.45) is 0.719. The molecule has 2 heterocycles. The van der Waals surface area contributed by atoms with Crippen LogP contribution in [-0.2, 0) is 0 Å². The molecule has 4 nitrogen and oxygen atoms in total. The number of likely N-dealkylation sites (tertiary alicyclic amines) is 1. The average Bonchev–Trinajstić information content (AvgIpc) is 2.93. The molecule has 1 amide bonds. The van der Waals surface area contributed by atoms with Crippen LogP contribution in [0.1, 0.15) is 29.2 Å². The minimum atomic E-state index is -2.71. The lowest BCUT2D eigenvalue weighted by atomic mass is 10.1. The minimum absolute atomic E-state index is 0.0149. The van der Waals surface area contributed by atoms with Crippen molar-refractivity contribution in [3.05, 3.63) is 23.5 Å². The normalized spacial score (nSPS) is 19.8. The summed E-state index contributed by atoms with van der Waals surface area (Å²) in [6, 6.07) is 2.94. The van der Waals surface area contributed by atoms with Crippen LogP contribution in [0.25, 0.3) is 0 Å². The van der Waals surface area contributed by atoms with Gasteiger partial charge in [0.05, 0.1) is 0 Å². The fraction of sp³-hybridized carbons (Fsp3) is 0.583. The van der Waals surface area contributed by atoms with Gasteiger partial charge in [-0.1, -0.05) is 0 Å². The third-order valence-corrected chi connectivity index (χ3v) is 3.37. The highest BCUT2D eigenvalue weighted by Gasteiger charge is 2.29. The molecule has 100 valence electrons. The minimum Gasteiger partial charge on any atom is -0.396 e. The van der Waals surface area contributed by atoms with Crippen LogP contribution >= 0.6 is 0 Å². The molecule has 1 unspecified atom stereocenters. The van der Waals surface area contributed by atoms with E-state index in [9.17, 15) is 13.6 Å². The molecule has 0 aliphatic carbocycles. The summed E-state index contributed by atoms with van der Waals surface area (Å²) < 4.78 is 26.5. The van der Waals surface area contributed by atoms with E-state index in [1.54, 1.807) is 6.92 Å². The van der Waals surface area contributed by atoms with Crippen LogP contribution in [0.15, 0.2) is 12.1 Å². The maximum Gasteiger partial charge on any atom is 0.319 e. The van der Waals surface area contributed by atoms with E-state index in [4.69, 9.17) is 5.11 Å². The lowest BCUT2D eigenvalue weighted by Crippen LogP contribution is -2.31. The standard InChI is InChI=1S/C12H16F2N2O2/c1-8-2-3-10(16(8)12(13)14)11(18)15-5-4-9(6-15)7-17/h2-3,9,12,17H,4-7H2,1H3. The Labute approximate surface area is 104 Å².